The molecule has 0 rings (SSSR count). The Morgan fingerprint density at radius 3 is 2.25 bits per heavy atom. The summed E-state index contributed by atoms with van der Waals surface area (Å²) in [6.07, 6.45) is -1.07. The van der Waals surface area contributed by atoms with Crippen LogP contribution in [0.4, 0.5) is 4.79 Å². The Balaban J connectivity index is 4.34. The second kappa shape index (κ2) is 4.24. The quantitative estimate of drug-likeness (QED) is 0.593. The van der Waals surface area contributed by atoms with E-state index in [1.54, 1.807) is 4.72 Å². The lowest BCUT2D eigenvalue weighted by Gasteiger charge is -2.13. The Morgan fingerprint density at radius 2 is 1.92 bits per heavy atom. The summed E-state index contributed by atoms with van der Waals surface area (Å²) in [5, 5.41) is 0. The summed E-state index contributed by atoms with van der Waals surface area (Å²) in [5.41, 5.74) is 0. The molecule has 0 atom stereocenters. The van der Waals surface area contributed by atoms with E-state index in [0.717, 1.165) is 21.3 Å². The number of nitrogens with zero attached hydrogens (tertiary/aromatic N) is 1. The average molecular weight is 198 g/mol. The maximum Gasteiger partial charge on any atom is 0.421 e. The summed E-state index contributed by atoms with van der Waals surface area (Å²) in [6.45, 7) is 0. The first-order chi connectivity index (χ1) is 5.44. The summed E-state index contributed by atoms with van der Waals surface area (Å²) in [5.74, 6) is 0. The predicted octanol–water partition coefficient (Wildman–Crippen LogP) is -0.920. The average Bonchev–Trinajstić information content (AvgIpc) is 2.02. The number of methoxy groups -OCH3 is 1. The van der Waals surface area contributed by atoms with Crippen molar-refractivity contribution in [2.45, 2.75) is 0 Å². The van der Waals surface area contributed by atoms with Crippen molar-refractivity contribution < 1.29 is 22.8 Å². The van der Waals surface area contributed by atoms with E-state index in [0.29, 0.717) is 4.47 Å². The van der Waals surface area contributed by atoms with Crippen molar-refractivity contribution in [2.75, 3.05) is 21.3 Å². The minimum Gasteiger partial charge on any atom is -0.452 e. The van der Waals surface area contributed by atoms with Crippen molar-refractivity contribution in [3.8, 4) is 0 Å². The SMILES string of the molecule is COC(=O)NS(=O)(=O)N(C)OC. The molecular formula is C4H10N2O5S. The van der Waals surface area contributed by atoms with Crippen molar-refractivity contribution in [2.24, 2.45) is 0 Å². The van der Waals surface area contributed by atoms with E-state index < -0.39 is 16.3 Å². The molecule has 7 nitrogen and oxygen atoms in total. The molecule has 0 radical (unpaired) electrons. The first kappa shape index (κ1) is 11.1. The summed E-state index contributed by atoms with van der Waals surface area (Å²) >= 11 is 0. The van der Waals surface area contributed by atoms with Gasteiger partial charge in [0.05, 0.1) is 14.2 Å². The molecule has 1 amide bonds. The van der Waals surface area contributed by atoms with Crippen LogP contribution in [0.3, 0.4) is 0 Å². The van der Waals surface area contributed by atoms with Crippen molar-refractivity contribution >= 4 is 16.3 Å². The number of ether oxygens (including phenoxy) is 1. The predicted molar refractivity (Wildman–Crippen MR) is 39.2 cm³/mol. The summed E-state index contributed by atoms with van der Waals surface area (Å²) < 4.78 is 28.0. The third kappa shape index (κ3) is 3.03. The zero-order valence-electron chi connectivity index (χ0n) is 6.90. The van der Waals surface area contributed by atoms with Gasteiger partial charge in [-0.1, -0.05) is 4.47 Å². The molecule has 12 heavy (non-hydrogen) atoms. The first-order valence-corrected chi connectivity index (χ1v) is 4.26. The molecule has 0 aromatic rings. The number of amides is 1. The van der Waals surface area contributed by atoms with Gasteiger partial charge in [-0.25, -0.2) is 9.52 Å². The molecule has 0 aliphatic rings. The highest BCUT2D eigenvalue weighted by atomic mass is 32.2. The fourth-order valence-electron chi connectivity index (χ4n) is 0.309. The van der Waals surface area contributed by atoms with E-state index in [-0.39, 0.29) is 0 Å². The Labute approximate surface area is 70.4 Å². The van der Waals surface area contributed by atoms with E-state index >= 15 is 0 Å². The van der Waals surface area contributed by atoms with E-state index in [1.807, 2.05) is 0 Å². The third-order valence-corrected chi connectivity index (χ3v) is 2.24. The molecule has 1 N–H and O–H groups in total. The van der Waals surface area contributed by atoms with E-state index in [2.05, 4.69) is 9.57 Å². The van der Waals surface area contributed by atoms with Crippen LogP contribution in [0.2, 0.25) is 0 Å². The number of carbonyl (C=O) groups is 1. The fraction of sp³-hybridized carbons (Fsp3) is 0.750. The second-order valence-electron chi connectivity index (χ2n) is 1.69. The number of nitrogens with one attached hydrogen (secondary N) is 1. The molecule has 0 fully saturated rings. The molecule has 8 heteroatoms. The molecule has 72 valence electrons. The minimum atomic E-state index is -3.94. The molecule has 0 aromatic carbocycles. The molecule has 0 aliphatic carbocycles. The largest absolute Gasteiger partial charge is 0.452 e. The second-order valence-corrected chi connectivity index (χ2v) is 3.36. The van der Waals surface area contributed by atoms with Crippen molar-refractivity contribution in [1.29, 1.82) is 0 Å². The third-order valence-electron chi connectivity index (χ3n) is 0.993. The minimum absolute atomic E-state index is 0.490. The van der Waals surface area contributed by atoms with Crippen LogP contribution < -0.4 is 4.72 Å². The van der Waals surface area contributed by atoms with Crippen molar-refractivity contribution in [3.63, 3.8) is 0 Å². The number of hydrogen-bond donors (Lipinski definition) is 1. The monoisotopic (exact) mass is 198 g/mol. The lowest BCUT2D eigenvalue weighted by Crippen LogP contribution is -2.40. The van der Waals surface area contributed by atoms with E-state index in [9.17, 15) is 13.2 Å². The van der Waals surface area contributed by atoms with Gasteiger partial charge in [0.15, 0.2) is 0 Å². The summed E-state index contributed by atoms with van der Waals surface area (Å²) in [6, 6.07) is 0. The maximum atomic E-state index is 10.9. The van der Waals surface area contributed by atoms with Gasteiger partial charge in [-0.2, -0.15) is 8.42 Å². The Kier molecular flexibility index (Phi) is 3.93. The van der Waals surface area contributed by atoms with Gasteiger partial charge in [-0.05, 0) is 0 Å². The van der Waals surface area contributed by atoms with Gasteiger partial charge in [0, 0.05) is 7.05 Å². The van der Waals surface area contributed by atoms with Gasteiger partial charge >= 0.3 is 16.3 Å². The van der Waals surface area contributed by atoms with Crippen LogP contribution >= 0.6 is 0 Å². The van der Waals surface area contributed by atoms with Gasteiger partial charge in [-0.15, -0.1) is 0 Å². The lowest BCUT2D eigenvalue weighted by molar-refractivity contribution is -0.0269. The molecule has 0 bridgehead atoms. The van der Waals surface area contributed by atoms with Crippen LogP contribution in [0.5, 0.6) is 0 Å². The Bertz CT molecular complexity index is 248. The summed E-state index contributed by atoms with van der Waals surface area (Å²) in [4.78, 5) is 14.8. The number of hydrogen-bond acceptors (Lipinski definition) is 5. The van der Waals surface area contributed by atoms with E-state index in [4.69, 9.17) is 0 Å². The van der Waals surface area contributed by atoms with Crippen molar-refractivity contribution in [3.05, 3.63) is 0 Å². The van der Waals surface area contributed by atoms with Crippen LogP contribution in [0, 0.1) is 0 Å². The molecule has 0 aromatic heterocycles. The van der Waals surface area contributed by atoms with E-state index in [1.165, 1.54) is 0 Å². The van der Waals surface area contributed by atoms with Gasteiger partial charge in [0.2, 0.25) is 0 Å². The van der Waals surface area contributed by atoms with Crippen LogP contribution in [0.15, 0.2) is 0 Å². The highest BCUT2D eigenvalue weighted by Crippen LogP contribution is 1.92. The van der Waals surface area contributed by atoms with Gasteiger partial charge in [0.1, 0.15) is 0 Å². The highest BCUT2D eigenvalue weighted by Gasteiger charge is 2.20. The number of rotatable bonds is 3. The van der Waals surface area contributed by atoms with Crippen LogP contribution in [-0.4, -0.2) is 40.2 Å². The summed E-state index contributed by atoms with van der Waals surface area (Å²) in [7, 11) is -0.602. The van der Waals surface area contributed by atoms with Crippen LogP contribution in [0.1, 0.15) is 0 Å². The maximum absolute atomic E-state index is 10.9. The number of carbonyl (C=O) groups excluding carboxylic acids is 1. The zero-order valence-corrected chi connectivity index (χ0v) is 7.71. The van der Waals surface area contributed by atoms with Crippen LogP contribution in [0.25, 0.3) is 0 Å². The number of hydroxylamine groups is 1. The Hall–Kier alpha value is -0.860. The molecule has 0 saturated heterocycles. The van der Waals surface area contributed by atoms with Crippen molar-refractivity contribution in [1.82, 2.24) is 9.19 Å². The topological polar surface area (TPSA) is 84.9 Å². The van der Waals surface area contributed by atoms with Gasteiger partial charge < -0.3 is 4.74 Å². The standard InChI is InChI=1S/C4H10N2O5S/c1-6(11-3)12(8,9)5-4(7)10-2/h1-3H3,(H,5,7). The molecule has 0 unspecified atom stereocenters. The smallest absolute Gasteiger partial charge is 0.421 e. The first-order valence-electron chi connectivity index (χ1n) is 2.82. The molecule has 0 saturated carbocycles. The van der Waals surface area contributed by atoms with Gasteiger partial charge in [-0.3, -0.25) is 4.84 Å². The van der Waals surface area contributed by atoms with Gasteiger partial charge in [0.25, 0.3) is 0 Å². The molecular weight excluding hydrogens is 188 g/mol. The molecule has 0 heterocycles. The fourth-order valence-corrected chi connectivity index (χ4v) is 0.928. The highest BCUT2D eigenvalue weighted by molar-refractivity contribution is 7.87. The Morgan fingerprint density at radius 1 is 1.42 bits per heavy atom. The molecule has 0 aliphatic heterocycles. The van der Waals surface area contributed by atoms with Crippen LogP contribution in [-0.2, 0) is 19.8 Å². The zero-order chi connectivity index (χ0) is 9.78. The normalized spacial score (nSPS) is 11.3. The lowest BCUT2D eigenvalue weighted by atomic mass is 11.2. The molecule has 0 spiro atoms.